The Morgan fingerprint density at radius 3 is 2.17 bits per heavy atom. The van der Waals surface area contributed by atoms with Gasteiger partial charge in [-0.15, -0.1) is 0 Å². The highest BCUT2D eigenvalue weighted by atomic mass is 16.6. The van der Waals surface area contributed by atoms with Gasteiger partial charge in [0.25, 0.3) is 0 Å². The monoisotopic (exact) mass is 508 g/mol. The molecule has 1 fully saturated rings. The molecule has 0 saturated carbocycles. The summed E-state index contributed by atoms with van der Waals surface area (Å²) in [7, 11) is 0. The lowest BCUT2D eigenvalue weighted by atomic mass is 9.54. The summed E-state index contributed by atoms with van der Waals surface area (Å²) in [5, 5.41) is 24.2. The molecule has 0 bridgehead atoms. The SMILES string of the molecule is CC(=O)OC1C=C[C@@]2(C)[C@@H]([C@@H](OC(C)=O)[C@@]3(O)[C@H](/C=C(/C)CC[C@H]2OC(C)=O)OC(=O)[C@@H]3C)[C@]1(C)O. The summed E-state index contributed by atoms with van der Waals surface area (Å²) in [6, 6.07) is 0. The first-order valence-corrected chi connectivity index (χ1v) is 12.1. The van der Waals surface area contributed by atoms with Gasteiger partial charge in [0.1, 0.15) is 23.9 Å². The number of hydrogen-bond donors (Lipinski definition) is 2. The zero-order valence-electron chi connectivity index (χ0n) is 21.8. The van der Waals surface area contributed by atoms with Crippen LogP contribution >= 0.6 is 0 Å². The molecule has 3 rings (SSSR count). The van der Waals surface area contributed by atoms with Crippen LogP contribution in [0, 0.1) is 17.3 Å². The molecule has 3 aliphatic rings. The highest BCUT2D eigenvalue weighted by Crippen LogP contribution is 2.55. The summed E-state index contributed by atoms with van der Waals surface area (Å²) >= 11 is 0. The fourth-order valence-electron chi connectivity index (χ4n) is 6.02. The molecule has 10 heteroatoms. The molecule has 200 valence electrons. The number of carbonyl (C=O) groups excluding carboxylic acids is 4. The Morgan fingerprint density at radius 2 is 1.61 bits per heavy atom. The van der Waals surface area contributed by atoms with Crippen LogP contribution in [-0.2, 0) is 38.1 Å². The Kier molecular flexibility index (Phi) is 7.45. The van der Waals surface area contributed by atoms with Gasteiger partial charge in [-0.05, 0) is 45.8 Å². The number of ether oxygens (including phenoxy) is 4. The van der Waals surface area contributed by atoms with Crippen LogP contribution in [0.3, 0.4) is 0 Å². The maximum Gasteiger partial charge on any atom is 0.312 e. The van der Waals surface area contributed by atoms with Crippen LogP contribution in [0.1, 0.15) is 61.3 Å². The van der Waals surface area contributed by atoms with E-state index in [0.29, 0.717) is 12.8 Å². The van der Waals surface area contributed by atoms with Gasteiger partial charge < -0.3 is 29.2 Å². The second kappa shape index (κ2) is 9.63. The van der Waals surface area contributed by atoms with Crippen molar-refractivity contribution < 1.29 is 48.3 Å². The summed E-state index contributed by atoms with van der Waals surface area (Å²) in [5.41, 5.74) is -4.48. The maximum absolute atomic E-state index is 12.7. The van der Waals surface area contributed by atoms with Crippen molar-refractivity contribution in [1.82, 2.24) is 0 Å². The second-order valence-corrected chi connectivity index (χ2v) is 10.6. The molecule has 0 spiro atoms. The van der Waals surface area contributed by atoms with Gasteiger partial charge >= 0.3 is 23.9 Å². The Labute approximate surface area is 210 Å². The average molecular weight is 509 g/mol. The van der Waals surface area contributed by atoms with Crippen molar-refractivity contribution in [3.8, 4) is 0 Å². The smallest absolute Gasteiger partial charge is 0.312 e. The number of carbonyl (C=O) groups is 4. The number of fused-ring (bicyclic) bond motifs is 2. The molecule has 0 aromatic heterocycles. The molecular formula is C26H36O10. The van der Waals surface area contributed by atoms with Crippen molar-refractivity contribution in [2.45, 2.75) is 96.9 Å². The van der Waals surface area contributed by atoms with Crippen molar-refractivity contribution in [3.05, 3.63) is 23.8 Å². The third kappa shape index (κ3) is 4.68. The topological polar surface area (TPSA) is 146 Å². The molecule has 2 N–H and O–H groups in total. The zero-order valence-corrected chi connectivity index (χ0v) is 21.8. The Bertz CT molecular complexity index is 997. The highest BCUT2D eigenvalue weighted by molar-refractivity contribution is 5.77. The Balaban J connectivity index is 2.36. The van der Waals surface area contributed by atoms with Gasteiger partial charge in [0.15, 0.2) is 11.7 Å². The molecule has 0 radical (unpaired) electrons. The van der Waals surface area contributed by atoms with Gasteiger partial charge in [0, 0.05) is 32.1 Å². The van der Waals surface area contributed by atoms with Crippen LogP contribution in [0.4, 0.5) is 0 Å². The van der Waals surface area contributed by atoms with Crippen molar-refractivity contribution in [2.24, 2.45) is 17.3 Å². The van der Waals surface area contributed by atoms with E-state index in [1.54, 1.807) is 26.0 Å². The first-order valence-electron chi connectivity index (χ1n) is 12.1. The molecule has 0 aromatic carbocycles. The summed E-state index contributed by atoms with van der Waals surface area (Å²) in [6.45, 7) is 10.0. The van der Waals surface area contributed by atoms with E-state index < -0.39 is 76.7 Å². The molecular weight excluding hydrogens is 472 g/mol. The number of allylic oxidation sites excluding steroid dienone is 1. The lowest BCUT2D eigenvalue weighted by Gasteiger charge is -2.56. The van der Waals surface area contributed by atoms with E-state index in [0.717, 1.165) is 12.5 Å². The van der Waals surface area contributed by atoms with E-state index in [2.05, 4.69) is 0 Å². The fourth-order valence-corrected chi connectivity index (χ4v) is 6.02. The minimum absolute atomic E-state index is 0.328. The summed E-state index contributed by atoms with van der Waals surface area (Å²) < 4.78 is 22.4. The first-order chi connectivity index (χ1) is 16.5. The van der Waals surface area contributed by atoms with E-state index in [4.69, 9.17) is 18.9 Å². The molecule has 0 aromatic rings. The summed E-state index contributed by atoms with van der Waals surface area (Å²) in [5.74, 6) is -5.01. The maximum atomic E-state index is 12.7. The van der Waals surface area contributed by atoms with Gasteiger partial charge in [-0.1, -0.05) is 18.6 Å². The van der Waals surface area contributed by atoms with Gasteiger partial charge in [-0.3, -0.25) is 19.2 Å². The lowest BCUT2D eigenvalue weighted by Crippen LogP contribution is -2.69. The lowest BCUT2D eigenvalue weighted by molar-refractivity contribution is -0.242. The van der Waals surface area contributed by atoms with Gasteiger partial charge in [-0.25, -0.2) is 0 Å². The molecule has 1 aliphatic heterocycles. The summed E-state index contributed by atoms with van der Waals surface area (Å²) in [6.07, 6.45) is 0.828. The fraction of sp³-hybridized carbons (Fsp3) is 0.692. The Hall–Kier alpha value is -2.72. The largest absolute Gasteiger partial charge is 0.462 e. The minimum Gasteiger partial charge on any atom is -0.462 e. The molecule has 0 amide bonds. The Morgan fingerprint density at radius 1 is 1.03 bits per heavy atom. The van der Waals surface area contributed by atoms with Crippen LogP contribution in [0.2, 0.25) is 0 Å². The van der Waals surface area contributed by atoms with E-state index in [-0.39, 0.29) is 0 Å². The zero-order chi connectivity index (χ0) is 27.2. The van der Waals surface area contributed by atoms with Crippen LogP contribution in [0.25, 0.3) is 0 Å². The predicted molar refractivity (Wildman–Crippen MR) is 125 cm³/mol. The van der Waals surface area contributed by atoms with Crippen LogP contribution in [0.15, 0.2) is 23.8 Å². The van der Waals surface area contributed by atoms with Crippen molar-refractivity contribution >= 4 is 23.9 Å². The number of aliphatic hydroxyl groups is 2. The van der Waals surface area contributed by atoms with E-state index in [1.165, 1.54) is 33.8 Å². The molecule has 1 unspecified atom stereocenters. The van der Waals surface area contributed by atoms with Gasteiger partial charge in [0.05, 0.1) is 5.92 Å². The quantitative estimate of drug-likeness (QED) is 0.328. The van der Waals surface area contributed by atoms with Gasteiger partial charge in [-0.2, -0.15) is 0 Å². The van der Waals surface area contributed by atoms with Crippen LogP contribution in [-0.4, -0.2) is 69.7 Å². The predicted octanol–water partition coefficient (Wildman–Crippen LogP) is 1.76. The standard InChI is InChI=1S/C26H36O10/c1-13-8-9-18(33-15(3)27)24(6)11-10-19(34-16(4)28)25(7,31)21(24)22(35-17(5)29)26(32)14(2)23(30)36-20(26)12-13/h10-12,14,18-22,31-32H,8-9H2,1-7H3/b13-12-/t14-,18+,19?,20-,21+,22+,24+,25+,26-/m0/s1. The minimum atomic E-state index is -2.09. The van der Waals surface area contributed by atoms with E-state index in [9.17, 15) is 29.4 Å². The van der Waals surface area contributed by atoms with Crippen molar-refractivity contribution in [1.29, 1.82) is 0 Å². The normalized spacial score (nSPS) is 43.7. The highest BCUT2D eigenvalue weighted by Gasteiger charge is 2.69. The first kappa shape index (κ1) is 27.9. The molecule has 2 aliphatic carbocycles. The number of esters is 4. The molecule has 1 saturated heterocycles. The second-order valence-electron chi connectivity index (χ2n) is 10.6. The van der Waals surface area contributed by atoms with E-state index >= 15 is 0 Å². The van der Waals surface area contributed by atoms with Gasteiger partial charge in [0.2, 0.25) is 0 Å². The average Bonchev–Trinajstić information content (AvgIpc) is 2.95. The number of rotatable bonds is 3. The van der Waals surface area contributed by atoms with Crippen molar-refractivity contribution in [3.63, 3.8) is 0 Å². The third-order valence-corrected chi connectivity index (χ3v) is 7.84. The molecule has 10 nitrogen and oxygen atoms in total. The van der Waals surface area contributed by atoms with Crippen LogP contribution < -0.4 is 0 Å². The third-order valence-electron chi connectivity index (χ3n) is 7.84. The molecule has 1 heterocycles. The molecule has 36 heavy (non-hydrogen) atoms. The number of hydrogen-bond acceptors (Lipinski definition) is 10. The van der Waals surface area contributed by atoms with E-state index in [1.807, 2.05) is 0 Å². The van der Waals surface area contributed by atoms with Crippen LogP contribution in [0.5, 0.6) is 0 Å². The van der Waals surface area contributed by atoms with Crippen molar-refractivity contribution in [2.75, 3.05) is 0 Å². The summed E-state index contributed by atoms with van der Waals surface area (Å²) in [4.78, 5) is 49.2. The molecule has 9 atom stereocenters.